The van der Waals surface area contributed by atoms with Crippen molar-refractivity contribution in [3.8, 4) is 11.3 Å². The molecular weight excluding hydrogens is 488 g/mol. The van der Waals surface area contributed by atoms with Crippen molar-refractivity contribution in [3.63, 3.8) is 0 Å². The third-order valence-corrected chi connectivity index (χ3v) is 7.49. The molecule has 1 aliphatic carbocycles. The monoisotopic (exact) mass is 516 g/mol. The van der Waals surface area contributed by atoms with Crippen molar-refractivity contribution in [2.45, 2.75) is 25.7 Å². The van der Waals surface area contributed by atoms with E-state index in [-0.39, 0.29) is 5.91 Å². The molecule has 8 nitrogen and oxygen atoms in total. The Kier molecular flexibility index (Phi) is 6.22. The van der Waals surface area contributed by atoms with Gasteiger partial charge in [0, 0.05) is 60.2 Å². The van der Waals surface area contributed by atoms with Gasteiger partial charge in [-0.1, -0.05) is 23.7 Å². The number of halogens is 1. The van der Waals surface area contributed by atoms with Crippen LogP contribution < -0.4 is 10.2 Å². The Morgan fingerprint density at radius 1 is 1.16 bits per heavy atom. The Labute approximate surface area is 220 Å². The number of aromatic amines is 1. The average Bonchev–Trinajstić information content (AvgIpc) is 3.69. The van der Waals surface area contributed by atoms with Crippen LogP contribution >= 0.6 is 11.6 Å². The Morgan fingerprint density at radius 2 is 1.97 bits per heavy atom. The van der Waals surface area contributed by atoms with Crippen molar-refractivity contribution in [2.75, 3.05) is 43.0 Å². The zero-order valence-electron chi connectivity index (χ0n) is 20.7. The van der Waals surface area contributed by atoms with E-state index in [2.05, 4.69) is 63.5 Å². The number of aliphatic hydroxyl groups excluding tert-OH is 1. The molecular formula is C28H29ClN6O2. The number of carbonyl (C=O) groups excluding carboxylic acids is 1. The first kappa shape index (κ1) is 23.8. The van der Waals surface area contributed by atoms with Crippen LogP contribution in [0.15, 0.2) is 48.8 Å². The first-order valence-electron chi connectivity index (χ1n) is 12.6. The summed E-state index contributed by atoms with van der Waals surface area (Å²) in [4.78, 5) is 28.5. The fraction of sp³-hybridized carbons (Fsp3) is 0.321. The van der Waals surface area contributed by atoms with Gasteiger partial charge in [-0.2, -0.15) is 0 Å². The van der Waals surface area contributed by atoms with Crippen LogP contribution in [-0.2, 0) is 4.79 Å². The standard InChI is InChI=1S/C28H29ClN6O2/c1-17-2-5-22-23(14-30-25(22)10-17)27-24(29)15-31-28(33-27)32-20-11-19(18-3-4-18)12-21(13-20)34-6-8-35(9-7-34)26(37)16-36/h2,5,10-15,18,30,36H,3-4,6-9,16H2,1H3,(H,31,32,33). The summed E-state index contributed by atoms with van der Waals surface area (Å²) in [7, 11) is 0. The van der Waals surface area contributed by atoms with Crippen molar-refractivity contribution in [1.29, 1.82) is 0 Å². The van der Waals surface area contributed by atoms with Crippen molar-refractivity contribution in [2.24, 2.45) is 0 Å². The van der Waals surface area contributed by atoms with Crippen LogP contribution in [0.4, 0.5) is 17.3 Å². The molecule has 9 heteroatoms. The number of aliphatic hydroxyl groups is 1. The van der Waals surface area contributed by atoms with Gasteiger partial charge in [-0.25, -0.2) is 9.97 Å². The van der Waals surface area contributed by atoms with Gasteiger partial charge in [0.15, 0.2) is 0 Å². The molecule has 3 heterocycles. The van der Waals surface area contributed by atoms with Gasteiger partial charge >= 0.3 is 0 Å². The molecule has 1 amide bonds. The summed E-state index contributed by atoms with van der Waals surface area (Å²) in [6.45, 7) is 4.28. The van der Waals surface area contributed by atoms with Gasteiger partial charge in [0.25, 0.3) is 0 Å². The lowest BCUT2D eigenvalue weighted by Crippen LogP contribution is -2.49. The zero-order valence-corrected chi connectivity index (χ0v) is 21.4. The highest BCUT2D eigenvalue weighted by Gasteiger charge is 2.26. The van der Waals surface area contributed by atoms with E-state index in [0.29, 0.717) is 35.7 Å². The third kappa shape index (κ3) is 4.86. The number of H-pyrrole nitrogens is 1. The summed E-state index contributed by atoms with van der Waals surface area (Å²) in [5, 5.41) is 14.1. The van der Waals surface area contributed by atoms with E-state index in [1.54, 1.807) is 11.1 Å². The quantitative estimate of drug-likeness (QED) is 0.339. The van der Waals surface area contributed by atoms with Gasteiger partial charge in [-0.15, -0.1) is 0 Å². The highest BCUT2D eigenvalue weighted by Crippen LogP contribution is 2.43. The molecule has 1 aliphatic heterocycles. The van der Waals surface area contributed by atoms with Gasteiger partial charge in [-0.05, 0) is 61.1 Å². The number of rotatable bonds is 6. The third-order valence-electron chi connectivity index (χ3n) is 7.21. The van der Waals surface area contributed by atoms with Crippen LogP contribution in [-0.4, -0.2) is 63.7 Å². The molecule has 3 N–H and O–H groups in total. The van der Waals surface area contributed by atoms with E-state index in [9.17, 15) is 9.90 Å². The van der Waals surface area contributed by atoms with Crippen LogP contribution in [0.25, 0.3) is 22.2 Å². The maximum Gasteiger partial charge on any atom is 0.248 e. The predicted molar refractivity (Wildman–Crippen MR) is 147 cm³/mol. The SMILES string of the molecule is Cc1ccc2c(-c3nc(Nc4cc(C5CC5)cc(N5CCN(C(=O)CO)CC5)c4)ncc3Cl)c[nH]c2c1. The van der Waals surface area contributed by atoms with Gasteiger partial charge in [0.05, 0.1) is 16.9 Å². The molecule has 37 heavy (non-hydrogen) atoms. The number of aryl methyl sites for hydroxylation is 1. The maximum atomic E-state index is 11.9. The van der Waals surface area contributed by atoms with E-state index in [0.717, 1.165) is 40.9 Å². The van der Waals surface area contributed by atoms with Crippen LogP contribution in [0, 0.1) is 6.92 Å². The number of hydrogen-bond donors (Lipinski definition) is 3. The lowest BCUT2D eigenvalue weighted by atomic mass is 10.1. The molecule has 2 aliphatic rings. The summed E-state index contributed by atoms with van der Waals surface area (Å²) >= 11 is 6.55. The second kappa shape index (κ2) is 9.68. The molecule has 4 aromatic rings. The molecule has 190 valence electrons. The van der Waals surface area contributed by atoms with Crippen molar-refractivity contribution >= 4 is 45.7 Å². The largest absolute Gasteiger partial charge is 0.387 e. The molecule has 6 rings (SSSR count). The summed E-state index contributed by atoms with van der Waals surface area (Å²) in [5.74, 6) is 0.849. The van der Waals surface area contributed by atoms with E-state index in [1.165, 1.54) is 24.0 Å². The van der Waals surface area contributed by atoms with E-state index in [1.807, 2.05) is 6.20 Å². The lowest BCUT2D eigenvalue weighted by Gasteiger charge is -2.36. The minimum atomic E-state index is -0.438. The lowest BCUT2D eigenvalue weighted by molar-refractivity contribution is -0.134. The van der Waals surface area contributed by atoms with Gasteiger partial charge < -0.3 is 25.2 Å². The highest BCUT2D eigenvalue weighted by atomic mass is 35.5. The number of benzene rings is 2. The average molecular weight is 517 g/mol. The number of anilines is 3. The molecule has 0 spiro atoms. The number of hydrogen-bond acceptors (Lipinski definition) is 6. The first-order valence-corrected chi connectivity index (χ1v) is 13.0. The molecule has 0 atom stereocenters. The first-order chi connectivity index (χ1) is 18.0. The van der Waals surface area contributed by atoms with E-state index in [4.69, 9.17) is 16.6 Å². The normalized spacial score (nSPS) is 15.9. The summed E-state index contributed by atoms with van der Waals surface area (Å²) in [6, 6.07) is 12.8. The molecule has 2 aromatic heterocycles. The number of amides is 1. The fourth-order valence-electron chi connectivity index (χ4n) is 5.04. The van der Waals surface area contributed by atoms with Crippen LogP contribution in [0.5, 0.6) is 0 Å². The second-order valence-electron chi connectivity index (χ2n) is 9.88. The number of nitrogens with zero attached hydrogens (tertiary/aromatic N) is 4. The highest BCUT2D eigenvalue weighted by molar-refractivity contribution is 6.33. The number of nitrogens with one attached hydrogen (secondary N) is 2. The van der Waals surface area contributed by atoms with Crippen molar-refractivity contribution in [1.82, 2.24) is 19.9 Å². The van der Waals surface area contributed by atoms with E-state index < -0.39 is 6.61 Å². The summed E-state index contributed by atoms with van der Waals surface area (Å²) < 4.78 is 0. The topological polar surface area (TPSA) is 97.4 Å². The van der Waals surface area contributed by atoms with Gasteiger partial charge in [0.2, 0.25) is 11.9 Å². The Morgan fingerprint density at radius 3 is 2.73 bits per heavy atom. The second-order valence-corrected chi connectivity index (χ2v) is 10.3. The summed E-state index contributed by atoms with van der Waals surface area (Å²) in [6.07, 6.45) is 5.98. The molecule has 1 saturated heterocycles. The molecule has 2 aromatic carbocycles. The Bertz CT molecular complexity index is 1470. The minimum Gasteiger partial charge on any atom is -0.387 e. The molecule has 2 fully saturated rings. The van der Waals surface area contributed by atoms with Crippen LogP contribution in [0.3, 0.4) is 0 Å². The van der Waals surface area contributed by atoms with Crippen molar-refractivity contribution in [3.05, 3.63) is 64.9 Å². The smallest absolute Gasteiger partial charge is 0.248 e. The van der Waals surface area contributed by atoms with Crippen molar-refractivity contribution < 1.29 is 9.90 Å². The van der Waals surface area contributed by atoms with Gasteiger partial charge in [0.1, 0.15) is 6.61 Å². The fourth-order valence-corrected chi connectivity index (χ4v) is 5.23. The number of fused-ring (bicyclic) bond motifs is 1. The molecule has 0 radical (unpaired) electrons. The maximum absolute atomic E-state index is 11.9. The molecule has 0 bridgehead atoms. The number of carbonyl (C=O) groups is 1. The van der Waals surface area contributed by atoms with Crippen LogP contribution in [0.1, 0.15) is 29.9 Å². The van der Waals surface area contributed by atoms with E-state index >= 15 is 0 Å². The summed E-state index contributed by atoms with van der Waals surface area (Å²) in [5.41, 5.74) is 7.19. The van der Waals surface area contributed by atoms with Gasteiger partial charge in [-0.3, -0.25) is 4.79 Å². The Hall–Kier alpha value is -3.62. The Balaban J connectivity index is 1.28. The number of piperazine rings is 1. The minimum absolute atomic E-state index is 0.213. The molecule has 1 saturated carbocycles. The van der Waals surface area contributed by atoms with Crippen LogP contribution in [0.2, 0.25) is 5.02 Å². The zero-order chi connectivity index (χ0) is 25.5. The predicted octanol–water partition coefficient (Wildman–Crippen LogP) is 4.85. The number of aromatic nitrogens is 3. The molecule has 0 unspecified atom stereocenters.